The summed E-state index contributed by atoms with van der Waals surface area (Å²) in [5.41, 5.74) is 0.346. The number of hydrogen-bond acceptors (Lipinski definition) is 2. The number of aromatic hydroxyl groups is 1. The summed E-state index contributed by atoms with van der Waals surface area (Å²) >= 11 is 5.40. The van der Waals surface area contributed by atoms with Crippen molar-refractivity contribution in [1.29, 1.82) is 0 Å². The van der Waals surface area contributed by atoms with Crippen LogP contribution in [0.15, 0.2) is 24.3 Å². The highest BCUT2D eigenvalue weighted by Crippen LogP contribution is 2.17. The van der Waals surface area contributed by atoms with E-state index in [0.29, 0.717) is 5.56 Å². The van der Waals surface area contributed by atoms with Gasteiger partial charge in [0, 0.05) is 12.3 Å². The zero-order chi connectivity index (χ0) is 8.97. The zero-order valence-corrected chi connectivity index (χ0v) is 7.21. The molecule has 0 saturated carbocycles. The smallest absolute Gasteiger partial charge is 0.167 e. The van der Waals surface area contributed by atoms with Crippen molar-refractivity contribution < 1.29 is 9.90 Å². The fourth-order valence-electron chi connectivity index (χ4n) is 0.930. The van der Waals surface area contributed by atoms with E-state index in [0.717, 1.165) is 0 Å². The van der Waals surface area contributed by atoms with Gasteiger partial charge in [0.2, 0.25) is 0 Å². The van der Waals surface area contributed by atoms with Gasteiger partial charge >= 0.3 is 0 Å². The lowest BCUT2D eigenvalue weighted by Gasteiger charge is -2.00. The minimum atomic E-state index is -0.122. The Kier molecular flexibility index (Phi) is 3.11. The van der Waals surface area contributed by atoms with E-state index >= 15 is 0 Å². The molecule has 0 heterocycles. The topological polar surface area (TPSA) is 37.3 Å². The van der Waals surface area contributed by atoms with Crippen molar-refractivity contribution in [3.63, 3.8) is 0 Å². The number of para-hydroxylation sites is 1. The lowest BCUT2D eigenvalue weighted by Crippen LogP contribution is -1.99. The van der Waals surface area contributed by atoms with E-state index in [4.69, 9.17) is 11.6 Å². The van der Waals surface area contributed by atoms with Crippen LogP contribution in [0.25, 0.3) is 0 Å². The highest BCUT2D eigenvalue weighted by atomic mass is 35.5. The SMILES string of the molecule is O=C(CCCl)c1ccccc1O. The molecule has 0 aromatic heterocycles. The third-order valence-corrected chi connectivity index (χ3v) is 1.71. The van der Waals surface area contributed by atoms with Gasteiger partial charge in [0.25, 0.3) is 0 Å². The molecule has 1 aromatic carbocycles. The van der Waals surface area contributed by atoms with Crippen molar-refractivity contribution in [2.45, 2.75) is 6.42 Å². The summed E-state index contributed by atoms with van der Waals surface area (Å²) in [5, 5.41) is 9.24. The lowest BCUT2D eigenvalue weighted by molar-refractivity contribution is 0.0986. The number of rotatable bonds is 3. The van der Waals surface area contributed by atoms with E-state index in [1.165, 1.54) is 6.07 Å². The van der Waals surface area contributed by atoms with Crippen molar-refractivity contribution in [3.8, 4) is 5.75 Å². The van der Waals surface area contributed by atoms with Gasteiger partial charge < -0.3 is 5.11 Å². The number of carbonyl (C=O) groups is 1. The van der Waals surface area contributed by atoms with Crippen molar-refractivity contribution in [2.75, 3.05) is 5.88 Å². The molecule has 0 radical (unpaired) electrons. The van der Waals surface area contributed by atoms with Gasteiger partial charge in [-0.3, -0.25) is 4.79 Å². The number of ketones is 1. The van der Waals surface area contributed by atoms with Crippen LogP contribution < -0.4 is 0 Å². The molecule has 0 aliphatic rings. The van der Waals surface area contributed by atoms with Gasteiger partial charge in [0.05, 0.1) is 5.56 Å². The van der Waals surface area contributed by atoms with E-state index in [1.807, 2.05) is 0 Å². The van der Waals surface area contributed by atoms with E-state index in [9.17, 15) is 9.90 Å². The first-order valence-electron chi connectivity index (χ1n) is 3.63. The fraction of sp³-hybridized carbons (Fsp3) is 0.222. The van der Waals surface area contributed by atoms with Gasteiger partial charge in [-0.25, -0.2) is 0 Å². The van der Waals surface area contributed by atoms with Gasteiger partial charge in [-0.05, 0) is 12.1 Å². The van der Waals surface area contributed by atoms with Crippen LogP contribution in [0.3, 0.4) is 0 Å². The maximum atomic E-state index is 11.2. The number of carbonyl (C=O) groups excluding carboxylic acids is 1. The largest absolute Gasteiger partial charge is 0.507 e. The third kappa shape index (κ3) is 1.98. The highest BCUT2D eigenvalue weighted by molar-refractivity contribution is 6.19. The van der Waals surface area contributed by atoms with Crippen LogP contribution in [0.2, 0.25) is 0 Å². The van der Waals surface area contributed by atoms with E-state index in [1.54, 1.807) is 18.2 Å². The Morgan fingerprint density at radius 2 is 2.08 bits per heavy atom. The molecule has 0 atom stereocenters. The average molecular weight is 185 g/mol. The van der Waals surface area contributed by atoms with Crippen molar-refractivity contribution >= 4 is 17.4 Å². The molecule has 0 spiro atoms. The second-order valence-electron chi connectivity index (χ2n) is 2.38. The number of halogens is 1. The number of hydrogen-bond donors (Lipinski definition) is 1. The molecule has 0 bridgehead atoms. The normalized spacial score (nSPS) is 9.75. The lowest BCUT2D eigenvalue weighted by atomic mass is 10.1. The van der Waals surface area contributed by atoms with Crippen molar-refractivity contribution in [1.82, 2.24) is 0 Å². The molecule has 1 rings (SSSR count). The number of phenols is 1. The van der Waals surface area contributed by atoms with Crippen LogP contribution in [0.4, 0.5) is 0 Å². The van der Waals surface area contributed by atoms with Crippen LogP contribution >= 0.6 is 11.6 Å². The molecular formula is C9H9ClO2. The maximum Gasteiger partial charge on any atom is 0.167 e. The molecule has 0 saturated heterocycles. The van der Waals surface area contributed by atoms with Gasteiger partial charge in [0.15, 0.2) is 5.78 Å². The second kappa shape index (κ2) is 4.12. The Balaban J connectivity index is 2.87. The quantitative estimate of drug-likeness (QED) is 0.578. The van der Waals surface area contributed by atoms with Crippen LogP contribution in [-0.4, -0.2) is 16.8 Å². The molecule has 1 N–H and O–H groups in total. The summed E-state index contributed by atoms with van der Waals surface area (Å²) in [6, 6.07) is 6.46. The average Bonchev–Trinajstić information content (AvgIpc) is 2.05. The molecule has 0 unspecified atom stereocenters. The maximum absolute atomic E-state index is 11.2. The zero-order valence-electron chi connectivity index (χ0n) is 6.46. The minimum Gasteiger partial charge on any atom is -0.507 e. The molecule has 0 amide bonds. The summed E-state index contributed by atoms with van der Waals surface area (Å²) in [5.74, 6) is 0.184. The molecular weight excluding hydrogens is 176 g/mol. The minimum absolute atomic E-state index is 0.0209. The third-order valence-electron chi connectivity index (χ3n) is 1.53. The van der Waals surface area contributed by atoms with Crippen LogP contribution in [0.5, 0.6) is 5.75 Å². The number of phenolic OH excluding ortho intramolecular Hbond substituents is 1. The molecule has 12 heavy (non-hydrogen) atoms. The van der Waals surface area contributed by atoms with Crippen LogP contribution in [0, 0.1) is 0 Å². The summed E-state index contributed by atoms with van der Waals surface area (Å²) in [6.45, 7) is 0. The van der Waals surface area contributed by atoms with E-state index in [2.05, 4.69) is 0 Å². The predicted octanol–water partition coefficient (Wildman–Crippen LogP) is 2.20. The molecule has 0 aliphatic heterocycles. The second-order valence-corrected chi connectivity index (χ2v) is 2.76. The standard InChI is InChI=1S/C9H9ClO2/c10-6-5-9(12)7-3-1-2-4-8(7)11/h1-4,11H,5-6H2. The van der Waals surface area contributed by atoms with Gasteiger partial charge in [-0.15, -0.1) is 11.6 Å². The number of Topliss-reactive ketones (excluding diaryl/α,β-unsaturated/α-hetero) is 1. The predicted molar refractivity (Wildman–Crippen MR) is 47.8 cm³/mol. The first-order chi connectivity index (χ1) is 5.75. The first kappa shape index (κ1) is 9.07. The Hall–Kier alpha value is -1.02. The Labute approximate surface area is 75.8 Å². The summed E-state index contributed by atoms with van der Waals surface area (Å²) in [4.78, 5) is 11.2. The van der Waals surface area contributed by atoms with Gasteiger partial charge in [-0.1, -0.05) is 12.1 Å². The van der Waals surface area contributed by atoms with E-state index in [-0.39, 0.29) is 23.8 Å². The fourth-order valence-corrected chi connectivity index (χ4v) is 1.10. The highest BCUT2D eigenvalue weighted by Gasteiger charge is 2.08. The molecule has 3 heteroatoms. The van der Waals surface area contributed by atoms with Crippen LogP contribution in [-0.2, 0) is 0 Å². The summed E-state index contributed by atoms with van der Waals surface area (Å²) in [7, 11) is 0. The van der Waals surface area contributed by atoms with Gasteiger partial charge in [0.1, 0.15) is 5.75 Å². The Morgan fingerprint density at radius 1 is 1.42 bits per heavy atom. The van der Waals surface area contributed by atoms with E-state index < -0.39 is 0 Å². The van der Waals surface area contributed by atoms with Gasteiger partial charge in [-0.2, -0.15) is 0 Å². The number of benzene rings is 1. The summed E-state index contributed by atoms with van der Waals surface area (Å²) in [6.07, 6.45) is 0.263. The van der Waals surface area contributed by atoms with Crippen molar-refractivity contribution in [2.24, 2.45) is 0 Å². The molecule has 2 nitrogen and oxygen atoms in total. The molecule has 1 aromatic rings. The Bertz CT molecular complexity index is 284. The van der Waals surface area contributed by atoms with Crippen LogP contribution in [0.1, 0.15) is 16.8 Å². The monoisotopic (exact) mass is 184 g/mol. The molecule has 0 fully saturated rings. The number of alkyl halides is 1. The summed E-state index contributed by atoms with van der Waals surface area (Å²) < 4.78 is 0. The van der Waals surface area contributed by atoms with Crippen molar-refractivity contribution in [3.05, 3.63) is 29.8 Å². The molecule has 64 valence electrons. The molecule has 0 aliphatic carbocycles. The first-order valence-corrected chi connectivity index (χ1v) is 4.16. The Morgan fingerprint density at radius 3 is 2.67 bits per heavy atom.